The van der Waals surface area contributed by atoms with Crippen LogP contribution < -0.4 is 19.1 Å². The highest BCUT2D eigenvalue weighted by atomic mass is 16.5. The normalized spacial score (nSPS) is 16.9. The van der Waals surface area contributed by atoms with Crippen LogP contribution in [0.25, 0.3) is 5.76 Å². The van der Waals surface area contributed by atoms with Gasteiger partial charge in [0.15, 0.2) is 0 Å². The van der Waals surface area contributed by atoms with E-state index in [4.69, 9.17) is 14.2 Å². The highest BCUT2D eigenvalue weighted by Crippen LogP contribution is 2.43. The number of amides is 1. The number of nitrogens with zero attached hydrogens (tertiary/aromatic N) is 2. The van der Waals surface area contributed by atoms with E-state index in [1.807, 2.05) is 13.8 Å². The van der Waals surface area contributed by atoms with Crippen molar-refractivity contribution >= 4 is 23.1 Å². The number of hydrogen-bond acceptors (Lipinski definition) is 7. The minimum atomic E-state index is -0.891. The number of ketones is 1. The van der Waals surface area contributed by atoms with Crippen LogP contribution in [0.2, 0.25) is 0 Å². The Bertz CT molecular complexity index is 1250. The third kappa shape index (κ3) is 4.55. The highest BCUT2D eigenvalue weighted by molar-refractivity contribution is 6.51. The van der Waals surface area contributed by atoms with Crippen LogP contribution in [0.4, 0.5) is 5.69 Å². The molecular weight excluding hydrogens is 448 g/mol. The molecule has 35 heavy (non-hydrogen) atoms. The van der Waals surface area contributed by atoms with Crippen molar-refractivity contribution in [2.75, 3.05) is 25.2 Å². The maximum atomic E-state index is 13.3. The summed E-state index contributed by atoms with van der Waals surface area (Å²) in [7, 11) is 1.55. The lowest BCUT2D eigenvalue weighted by Gasteiger charge is -2.25. The van der Waals surface area contributed by atoms with Gasteiger partial charge in [0.1, 0.15) is 23.0 Å². The first-order valence-electron chi connectivity index (χ1n) is 11.2. The second-order valence-electron chi connectivity index (χ2n) is 7.68. The van der Waals surface area contributed by atoms with E-state index in [1.165, 1.54) is 4.90 Å². The number of benzene rings is 2. The van der Waals surface area contributed by atoms with Crippen molar-refractivity contribution in [3.63, 3.8) is 0 Å². The minimum absolute atomic E-state index is 0.0519. The molecular formula is C27H26N2O6. The molecule has 0 bridgehead atoms. The van der Waals surface area contributed by atoms with E-state index in [1.54, 1.807) is 74.1 Å². The maximum absolute atomic E-state index is 13.3. The molecule has 1 aliphatic rings. The van der Waals surface area contributed by atoms with Crippen molar-refractivity contribution in [3.8, 4) is 17.2 Å². The summed E-state index contributed by atoms with van der Waals surface area (Å²) in [6, 6.07) is 14.3. The van der Waals surface area contributed by atoms with Crippen LogP contribution in [0.5, 0.6) is 17.2 Å². The molecule has 3 aromatic rings. The van der Waals surface area contributed by atoms with Gasteiger partial charge in [-0.3, -0.25) is 19.5 Å². The number of carbonyl (C=O) groups excluding carboxylic acids is 2. The maximum Gasteiger partial charge on any atom is 0.300 e. The Hall–Kier alpha value is -4.33. The van der Waals surface area contributed by atoms with Gasteiger partial charge in [0, 0.05) is 24.1 Å². The summed E-state index contributed by atoms with van der Waals surface area (Å²) in [6.45, 7) is 4.48. The van der Waals surface area contributed by atoms with Gasteiger partial charge < -0.3 is 19.3 Å². The van der Waals surface area contributed by atoms with E-state index in [9.17, 15) is 14.7 Å². The average molecular weight is 475 g/mol. The van der Waals surface area contributed by atoms with Crippen LogP contribution in [0, 0.1) is 0 Å². The lowest BCUT2D eigenvalue weighted by Crippen LogP contribution is -2.29. The lowest BCUT2D eigenvalue weighted by molar-refractivity contribution is -0.132. The summed E-state index contributed by atoms with van der Waals surface area (Å²) >= 11 is 0. The Balaban J connectivity index is 1.91. The third-order valence-electron chi connectivity index (χ3n) is 5.61. The zero-order valence-corrected chi connectivity index (χ0v) is 19.7. The number of carbonyl (C=O) groups is 2. The van der Waals surface area contributed by atoms with Crippen LogP contribution in [-0.4, -0.2) is 42.1 Å². The first-order valence-corrected chi connectivity index (χ1v) is 11.2. The standard InChI is InChI=1S/C27H26N2O6/c1-4-34-20-12-13-21(22(15-20)35-5-2)25(30)23-24(17-7-6-14-28-16-17)29(27(32)26(23)31)18-8-10-19(33-3)11-9-18/h6-16,24,30H,4-5H2,1-3H3/b25-23-. The van der Waals surface area contributed by atoms with Crippen LogP contribution in [-0.2, 0) is 9.59 Å². The molecule has 0 radical (unpaired) electrons. The number of hydrogen-bond donors (Lipinski definition) is 1. The number of methoxy groups -OCH3 is 1. The summed E-state index contributed by atoms with van der Waals surface area (Å²) in [5.41, 5.74) is 1.30. The van der Waals surface area contributed by atoms with Gasteiger partial charge in [-0.15, -0.1) is 0 Å². The zero-order chi connectivity index (χ0) is 24.9. The molecule has 1 N–H and O–H groups in total. The number of ether oxygens (including phenoxy) is 3. The summed E-state index contributed by atoms with van der Waals surface area (Å²) in [5.74, 6) is -0.372. The molecule has 1 aliphatic heterocycles. The first-order chi connectivity index (χ1) is 17.0. The molecule has 1 amide bonds. The lowest BCUT2D eigenvalue weighted by atomic mass is 9.95. The predicted octanol–water partition coefficient (Wildman–Crippen LogP) is 4.51. The average Bonchev–Trinajstić information content (AvgIpc) is 3.15. The monoisotopic (exact) mass is 474 g/mol. The quantitative estimate of drug-likeness (QED) is 0.291. The van der Waals surface area contributed by atoms with Crippen LogP contribution >= 0.6 is 0 Å². The van der Waals surface area contributed by atoms with Crippen molar-refractivity contribution in [1.29, 1.82) is 0 Å². The zero-order valence-electron chi connectivity index (χ0n) is 19.7. The van der Waals surface area contributed by atoms with Gasteiger partial charge in [-0.05, 0) is 61.9 Å². The topological polar surface area (TPSA) is 98.2 Å². The molecule has 8 heteroatoms. The molecule has 0 aliphatic carbocycles. The van der Waals surface area contributed by atoms with E-state index >= 15 is 0 Å². The van der Waals surface area contributed by atoms with Crippen molar-refractivity contribution in [3.05, 3.63) is 83.7 Å². The van der Waals surface area contributed by atoms with Crippen LogP contribution in [0.1, 0.15) is 31.0 Å². The van der Waals surface area contributed by atoms with Gasteiger partial charge in [0.2, 0.25) is 0 Å². The molecule has 2 heterocycles. The molecule has 1 atom stereocenters. The third-order valence-corrected chi connectivity index (χ3v) is 5.61. The number of aromatic nitrogens is 1. The molecule has 0 spiro atoms. The first kappa shape index (κ1) is 23.8. The van der Waals surface area contributed by atoms with Crippen LogP contribution in [0.3, 0.4) is 0 Å². The van der Waals surface area contributed by atoms with E-state index in [0.717, 1.165) is 0 Å². The molecule has 2 aromatic carbocycles. The van der Waals surface area contributed by atoms with E-state index in [0.29, 0.717) is 41.7 Å². The minimum Gasteiger partial charge on any atom is -0.507 e. The number of rotatable bonds is 8. The SMILES string of the molecule is CCOc1ccc(/C(O)=C2/C(=O)C(=O)N(c3ccc(OC)cc3)C2c2cccnc2)c(OCC)c1. The number of anilines is 1. The van der Waals surface area contributed by atoms with E-state index in [-0.39, 0.29) is 16.9 Å². The largest absolute Gasteiger partial charge is 0.507 e. The fourth-order valence-electron chi connectivity index (χ4n) is 4.07. The van der Waals surface area contributed by atoms with Crippen LogP contribution in [0.15, 0.2) is 72.6 Å². The number of aliphatic hydroxyl groups is 1. The second kappa shape index (κ2) is 10.3. The second-order valence-corrected chi connectivity index (χ2v) is 7.68. The highest BCUT2D eigenvalue weighted by Gasteiger charge is 2.47. The Morgan fingerprint density at radius 1 is 1.00 bits per heavy atom. The molecule has 8 nitrogen and oxygen atoms in total. The Morgan fingerprint density at radius 3 is 2.34 bits per heavy atom. The van der Waals surface area contributed by atoms with Gasteiger partial charge >= 0.3 is 0 Å². The molecule has 4 rings (SSSR count). The predicted molar refractivity (Wildman–Crippen MR) is 131 cm³/mol. The Morgan fingerprint density at radius 2 is 1.71 bits per heavy atom. The summed E-state index contributed by atoms with van der Waals surface area (Å²) in [6.07, 6.45) is 3.17. The summed E-state index contributed by atoms with van der Waals surface area (Å²) in [4.78, 5) is 32.1. The van der Waals surface area contributed by atoms with Gasteiger partial charge in [-0.25, -0.2) is 0 Å². The van der Waals surface area contributed by atoms with Gasteiger partial charge in [0.25, 0.3) is 11.7 Å². The van der Waals surface area contributed by atoms with E-state index < -0.39 is 17.7 Å². The Labute approximate surface area is 203 Å². The molecule has 1 aromatic heterocycles. The van der Waals surface area contributed by atoms with Crippen molar-refractivity contribution in [2.45, 2.75) is 19.9 Å². The molecule has 1 unspecified atom stereocenters. The van der Waals surface area contributed by atoms with Crippen molar-refractivity contribution < 1.29 is 28.9 Å². The molecule has 1 fully saturated rings. The van der Waals surface area contributed by atoms with Gasteiger partial charge in [-0.2, -0.15) is 0 Å². The van der Waals surface area contributed by atoms with Gasteiger partial charge in [0.05, 0.1) is 37.5 Å². The van der Waals surface area contributed by atoms with Crippen molar-refractivity contribution in [2.24, 2.45) is 0 Å². The fourth-order valence-corrected chi connectivity index (χ4v) is 4.07. The number of Topliss-reactive ketones (excluding diaryl/α,β-unsaturated/α-hetero) is 1. The number of aliphatic hydroxyl groups excluding tert-OH is 1. The fraction of sp³-hybridized carbons (Fsp3) is 0.222. The smallest absolute Gasteiger partial charge is 0.300 e. The van der Waals surface area contributed by atoms with E-state index in [2.05, 4.69) is 4.98 Å². The molecule has 180 valence electrons. The summed E-state index contributed by atoms with van der Waals surface area (Å²) in [5, 5.41) is 11.4. The molecule has 0 saturated carbocycles. The Kier molecular flexibility index (Phi) is 7.01. The summed E-state index contributed by atoms with van der Waals surface area (Å²) < 4.78 is 16.5. The molecule has 1 saturated heterocycles. The van der Waals surface area contributed by atoms with Gasteiger partial charge in [-0.1, -0.05) is 6.07 Å². The number of pyridine rings is 1. The van der Waals surface area contributed by atoms with Crippen molar-refractivity contribution in [1.82, 2.24) is 4.98 Å².